The third-order valence-corrected chi connectivity index (χ3v) is 5.54. The Hall–Kier alpha value is -1.06. The maximum atomic E-state index is 13.0. The topological polar surface area (TPSA) is 40.6 Å². The Bertz CT molecular complexity index is 382. The van der Waals surface area contributed by atoms with Crippen LogP contribution < -0.4 is 0 Å². The molecule has 2 rings (SSSR count). The fourth-order valence-electron chi connectivity index (χ4n) is 4.06. The summed E-state index contributed by atoms with van der Waals surface area (Å²) in [6.07, 6.45) is 5.66. The van der Waals surface area contributed by atoms with Gasteiger partial charge < -0.3 is 9.80 Å². The summed E-state index contributed by atoms with van der Waals surface area (Å²) < 4.78 is 0. The molecule has 0 aliphatic carbocycles. The number of fused-ring (bicyclic) bond motifs is 1. The van der Waals surface area contributed by atoms with Crippen molar-refractivity contribution in [2.24, 2.45) is 0 Å². The fourth-order valence-corrected chi connectivity index (χ4v) is 4.06. The monoisotopic (exact) mass is 280 g/mol. The first-order valence-electron chi connectivity index (χ1n) is 8.16. The molecule has 0 radical (unpaired) electrons. The maximum absolute atomic E-state index is 13.0. The number of nitrogens with zero attached hydrogens (tertiary/aromatic N) is 2. The zero-order chi connectivity index (χ0) is 14.9. The summed E-state index contributed by atoms with van der Waals surface area (Å²) in [4.78, 5) is 29.4. The van der Waals surface area contributed by atoms with E-state index in [0.717, 1.165) is 45.1 Å². The van der Waals surface area contributed by atoms with Gasteiger partial charge in [-0.25, -0.2) is 0 Å². The number of piperazine rings is 1. The zero-order valence-electron chi connectivity index (χ0n) is 13.3. The molecular formula is C16H28N2O2. The van der Waals surface area contributed by atoms with E-state index < -0.39 is 0 Å². The Morgan fingerprint density at radius 3 is 2.20 bits per heavy atom. The molecule has 2 amide bonds. The van der Waals surface area contributed by atoms with Crippen LogP contribution in [0.3, 0.4) is 0 Å². The number of carbonyl (C=O) groups is 2. The fraction of sp³-hybridized carbons (Fsp3) is 0.875. The van der Waals surface area contributed by atoms with Gasteiger partial charge in [0.1, 0.15) is 12.1 Å². The van der Waals surface area contributed by atoms with Gasteiger partial charge in [0.2, 0.25) is 11.8 Å². The number of piperidine rings is 1. The average molecular weight is 280 g/mol. The molecule has 2 heterocycles. The minimum Gasteiger partial charge on any atom is -0.329 e. The Kier molecular flexibility index (Phi) is 4.40. The van der Waals surface area contributed by atoms with E-state index in [2.05, 4.69) is 20.8 Å². The van der Waals surface area contributed by atoms with Crippen molar-refractivity contribution in [3.05, 3.63) is 0 Å². The van der Waals surface area contributed by atoms with Gasteiger partial charge in [0.25, 0.3) is 0 Å². The molecule has 0 bridgehead atoms. The van der Waals surface area contributed by atoms with Crippen molar-refractivity contribution < 1.29 is 9.59 Å². The van der Waals surface area contributed by atoms with Gasteiger partial charge in [-0.2, -0.15) is 0 Å². The molecule has 0 N–H and O–H groups in total. The molecule has 2 unspecified atom stereocenters. The Morgan fingerprint density at radius 2 is 1.65 bits per heavy atom. The quantitative estimate of drug-likeness (QED) is 0.794. The second-order valence-electron chi connectivity index (χ2n) is 6.21. The van der Waals surface area contributed by atoms with Crippen LogP contribution in [0.4, 0.5) is 0 Å². The molecule has 2 fully saturated rings. The molecule has 0 aromatic rings. The maximum Gasteiger partial charge on any atom is 0.246 e. The van der Waals surface area contributed by atoms with Crippen LogP contribution in [-0.4, -0.2) is 45.8 Å². The standard InChI is InChI=1S/C16H28N2O2/c1-5-16(6-2,7-3)18-12(4)14(19)17-11-9-8-10-13(17)15(18)20/h12-13H,5-11H2,1-4H3. The molecule has 0 saturated carbocycles. The van der Waals surface area contributed by atoms with E-state index in [1.165, 1.54) is 0 Å². The number of hydrogen-bond donors (Lipinski definition) is 0. The van der Waals surface area contributed by atoms with Crippen LogP contribution in [0, 0.1) is 0 Å². The molecule has 2 aliphatic rings. The molecule has 0 aromatic heterocycles. The van der Waals surface area contributed by atoms with E-state index in [4.69, 9.17) is 0 Å². The average Bonchev–Trinajstić information content (AvgIpc) is 2.50. The van der Waals surface area contributed by atoms with E-state index in [9.17, 15) is 9.59 Å². The first-order chi connectivity index (χ1) is 9.52. The molecule has 0 aromatic carbocycles. The first kappa shape index (κ1) is 15.3. The Morgan fingerprint density at radius 1 is 1.05 bits per heavy atom. The van der Waals surface area contributed by atoms with Crippen LogP contribution in [0.15, 0.2) is 0 Å². The first-order valence-corrected chi connectivity index (χ1v) is 8.16. The number of amides is 2. The SMILES string of the molecule is CCC(CC)(CC)N1C(=O)C2CCCCN2C(=O)C1C. The lowest BCUT2D eigenvalue weighted by Gasteiger charge is -2.53. The largest absolute Gasteiger partial charge is 0.329 e. The van der Waals surface area contributed by atoms with E-state index in [-0.39, 0.29) is 29.4 Å². The van der Waals surface area contributed by atoms with Gasteiger partial charge in [0.05, 0.1) is 0 Å². The normalized spacial score (nSPS) is 27.8. The molecule has 4 heteroatoms. The van der Waals surface area contributed by atoms with Crippen molar-refractivity contribution in [1.82, 2.24) is 9.80 Å². The zero-order valence-corrected chi connectivity index (χ0v) is 13.3. The minimum atomic E-state index is -0.309. The molecule has 114 valence electrons. The molecule has 20 heavy (non-hydrogen) atoms. The summed E-state index contributed by atoms with van der Waals surface area (Å²) in [5.74, 6) is 0.330. The van der Waals surface area contributed by atoms with Gasteiger partial charge in [-0.3, -0.25) is 9.59 Å². The minimum absolute atomic E-state index is 0.147. The van der Waals surface area contributed by atoms with Crippen LogP contribution in [0.5, 0.6) is 0 Å². The van der Waals surface area contributed by atoms with Crippen LogP contribution in [0.25, 0.3) is 0 Å². The second kappa shape index (κ2) is 5.74. The molecule has 4 nitrogen and oxygen atoms in total. The smallest absolute Gasteiger partial charge is 0.246 e. The summed E-state index contributed by atoms with van der Waals surface area (Å²) in [5.41, 5.74) is -0.157. The summed E-state index contributed by atoms with van der Waals surface area (Å²) in [5, 5.41) is 0. The van der Waals surface area contributed by atoms with Gasteiger partial charge in [0.15, 0.2) is 0 Å². The highest BCUT2D eigenvalue weighted by Crippen LogP contribution is 2.36. The summed E-state index contributed by atoms with van der Waals surface area (Å²) in [6, 6.07) is -0.506. The number of hydrogen-bond acceptors (Lipinski definition) is 2. The van der Waals surface area contributed by atoms with E-state index in [1.54, 1.807) is 0 Å². The highest BCUT2D eigenvalue weighted by atomic mass is 16.2. The van der Waals surface area contributed by atoms with Gasteiger partial charge in [-0.1, -0.05) is 20.8 Å². The molecule has 0 spiro atoms. The van der Waals surface area contributed by atoms with E-state index in [1.807, 2.05) is 16.7 Å². The predicted molar refractivity (Wildman–Crippen MR) is 79.3 cm³/mol. The van der Waals surface area contributed by atoms with Gasteiger partial charge in [-0.05, 0) is 45.4 Å². The third-order valence-electron chi connectivity index (χ3n) is 5.54. The number of rotatable bonds is 4. The van der Waals surface area contributed by atoms with Crippen molar-refractivity contribution in [3.63, 3.8) is 0 Å². The van der Waals surface area contributed by atoms with E-state index >= 15 is 0 Å². The highest BCUT2D eigenvalue weighted by molar-refractivity contribution is 5.97. The van der Waals surface area contributed by atoms with Crippen LogP contribution in [0.2, 0.25) is 0 Å². The third kappa shape index (κ3) is 2.13. The van der Waals surface area contributed by atoms with Gasteiger partial charge in [-0.15, -0.1) is 0 Å². The predicted octanol–water partition coefficient (Wildman–Crippen LogP) is 2.57. The summed E-state index contributed by atoms with van der Waals surface area (Å²) >= 11 is 0. The Labute approximate surface area is 122 Å². The van der Waals surface area contributed by atoms with Crippen LogP contribution in [0.1, 0.15) is 66.2 Å². The second-order valence-corrected chi connectivity index (χ2v) is 6.21. The lowest BCUT2D eigenvalue weighted by atomic mass is 9.83. The van der Waals surface area contributed by atoms with Crippen molar-refractivity contribution in [3.8, 4) is 0 Å². The van der Waals surface area contributed by atoms with Gasteiger partial charge >= 0.3 is 0 Å². The van der Waals surface area contributed by atoms with Crippen molar-refractivity contribution in [2.45, 2.75) is 83.8 Å². The molecule has 2 saturated heterocycles. The highest BCUT2D eigenvalue weighted by Gasteiger charge is 2.50. The molecule has 2 aliphatic heterocycles. The lowest BCUT2D eigenvalue weighted by molar-refractivity contribution is -0.171. The van der Waals surface area contributed by atoms with Gasteiger partial charge in [0, 0.05) is 12.1 Å². The van der Waals surface area contributed by atoms with Crippen molar-refractivity contribution in [2.75, 3.05) is 6.54 Å². The Balaban J connectivity index is 2.37. The molecule has 2 atom stereocenters. The summed E-state index contributed by atoms with van der Waals surface area (Å²) in [6.45, 7) is 9.05. The van der Waals surface area contributed by atoms with Crippen molar-refractivity contribution >= 4 is 11.8 Å². The molecular weight excluding hydrogens is 252 g/mol. The van der Waals surface area contributed by atoms with Crippen LogP contribution >= 0.6 is 0 Å². The lowest BCUT2D eigenvalue weighted by Crippen LogP contribution is -2.70. The number of carbonyl (C=O) groups excluding carboxylic acids is 2. The van der Waals surface area contributed by atoms with E-state index in [0.29, 0.717) is 0 Å². The van der Waals surface area contributed by atoms with Crippen molar-refractivity contribution in [1.29, 1.82) is 0 Å². The van der Waals surface area contributed by atoms with Crippen LogP contribution in [-0.2, 0) is 9.59 Å². The summed E-state index contributed by atoms with van der Waals surface area (Å²) in [7, 11) is 0.